The van der Waals surface area contributed by atoms with E-state index in [0.717, 1.165) is 17.7 Å². The first-order valence-electron chi connectivity index (χ1n) is 5.88. The second-order valence-corrected chi connectivity index (χ2v) is 4.50. The highest BCUT2D eigenvalue weighted by Gasteiger charge is 2.25. The number of fused-ring (bicyclic) bond motifs is 1. The van der Waals surface area contributed by atoms with Crippen molar-refractivity contribution in [2.75, 3.05) is 32.6 Å². The van der Waals surface area contributed by atoms with Crippen LogP contribution in [0.5, 0.6) is 0 Å². The Balaban J connectivity index is 2.36. The van der Waals surface area contributed by atoms with E-state index in [9.17, 15) is 9.59 Å². The largest absolute Gasteiger partial charge is 0.345 e. The number of nitrogens with zero attached hydrogens (tertiary/aromatic N) is 2. The highest BCUT2D eigenvalue weighted by atomic mass is 16.2. The van der Waals surface area contributed by atoms with Crippen LogP contribution in [0.1, 0.15) is 15.9 Å². The summed E-state index contributed by atoms with van der Waals surface area (Å²) in [5.41, 5.74) is 2.55. The predicted octanol–water partition coefficient (Wildman–Crippen LogP) is 1.09. The highest BCUT2D eigenvalue weighted by molar-refractivity contribution is 5.99. The van der Waals surface area contributed by atoms with E-state index in [0.29, 0.717) is 12.1 Å². The molecular formula is C13H17N3O2. The molecule has 0 spiro atoms. The fraction of sp³-hybridized carbons (Fsp3) is 0.385. The first-order valence-corrected chi connectivity index (χ1v) is 5.88. The molecule has 1 aliphatic rings. The molecule has 1 aliphatic heterocycles. The number of benzene rings is 1. The van der Waals surface area contributed by atoms with Crippen molar-refractivity contribution < 1.29 is 9.59 Å². The van der Waals surface area contributed by atoms with Crippen LogP contribution in [0.15, 0.2) is 18.2 Å². The lowest BCUT2D eigenvalue weighted by molar-refractivity contribution is 0.0827. The molecule has 0 saturated carbocycles. The van der Waals surface area contributed by atoms with E-state index < -0.39 is 0 Å². The SMILES string of the molecule is CNC(=O)N1CCc2ccc(C(=O)N(C)C)cc21. The summed E-state index contributed by atoms with van der Waals surface area (Å²) in [6, 6.07) is 5.40. The Hall–Kier alpha value is -2.04. The van der Waals surface area contributed by atoms with Gasteiger partial charge in [-0.15, -0.1) is 0 Å². The third-order valence-corrected chi connectivity index (χ3v) is 3.09. The van der Waals surface area contributed by atoms with E-state index in [1.165, 1.54) is 4.90 Å². The normalized spacial score (nSPS) is 13.2. The zero-order valence-electron chi connectivity index (χ0n) is 10.9. The van der Waals surface area contributed by atoms with E-state index >= 15 is 0 Å². The van der Waals surface area contributed by atoms with E-state index in [4.69, 9.17) is 0 Å². The van der Waals surface area contributed by atoms with Gasteiger partial charge in [0.15, 0.2) is 0 Å². The molecule has 0 aliphatic carbocycles. The van der Waals surface area contributed by atoms with Crippen molar-refractivity contribution in [3.63, 3.8) is 0 Å². The second kappa shape index (κ2) is 4.68. The van der Waals surface area contributed by atoms with Gasteiger partial charge in [-0.1, -0.05) is 6.07 Å². The minimum absolute atomic E-state index is 0.0541. The van der Waals surface area contributed by atoms with Crippen molar-refractivity contribution in [1.29, 1.82) is 0 Å². The predicted molar refractivity (Wildman–Crippen MR) is 70.0 cm³/mol. The van der Waals surface area contributed by atoms with Gasteiger partial charge in [-0.2, -0.15) is 0 Å². The fourth-order valence-electron chi connectivity index (χ4n) is 2.12. The Bertz CT molecular complexity index is 497. The molecule has 1 heterocycles. The first-order chi connectivity index (χ1) is 8.54. The van der Waals surface area contributed by atoms with Gasteiger partial charge in [-0.25, -0.2) is 4.79 Å². The van der Waals surface area contributed by atoms with Gasteiger partial charge >= 0.3 is 6.03 Å². The summed E-state index contributed by atoms with van der Waals surface area (Å²) in [5.74, 6) is -0.0541. The molecule has 1 aromatic rings. The third-order valence-electron chi connectivity index (χ3n) is 3.09. The van der Waals surface area contributed by atoms with E-state index in [2.05, 4.69) is 5.32 Å². The van der Waals surface area contributed by atoms with Gasteiger partial charge in [0.1, 0.15) is 0 Å². The number of hydrogen-bond acceptors (Lipinski definition) is 2. The Labute approximate surface area is 106 Å². The lowest BCUT2D eigenvalue weighted by atomic mass is 10.1. The molecule has 0 atom stereocenters. The van der Waals surface area contributed by atoms with Gasteiger partial charge in [0.05, 0.1) is 0 Å². The Kier molecular flexibility index (Phi) is 3.23. The van der Waals surface area contributed by atoms with E-state index in [1.54, 1.807) is 32.1 Å². The smallest absolute Gasteiger partial charge is 0.321 e. The quantitative estimate of drug-likeness (QED) is 0.807. The molecule has 5 heteroatoms. The van der Waals surface area contributed by atoms with Crippen molar-refractivity contribution in [3.8, 4) is 0 Å². The van der Waals surface area contributed by atoms with Crippen molar-refractivity contribution in [3.05, 3.63) is 29.3 Å². The lowest BCUT2D eigenvalue weighted by Gasteiger charge is -2.18. The fourth-order valence-corrected chi connectivity index (χ4v) is 2.12. The molecule has 96 valence electrons. The van der Waals surface area contributed by atoms with Gasteiger partial charge in [0.25, 0.3) is 5.91 Å². The monoisotopic (exact) mass is 247 g/mol. The van der Waals surface area contributed by atoms with E-state index in [-0.39, 0.29) is 11.9 Å². The molecule has 0 radical (unpaired) electrons. The molecule has 1 aromatic carbocycles. The average Bonchev–Trinajstić information content (AvgIpc) is 2.79. The maximum absolute atomic E-state index is 11.9. The topological polar surface area (TPSA) is 52.7 Å². The highest BCUT2D eigenvalue weighted by Crippen LogP contribution is 2.29. The molecule has 5 nitrogen and oxygen atoms in total. The summed E-state index contributed by atoms with van der Waals surface area (Å²) >= 11 is 0. The van der Waals surface area contributed by atoms with Crippen molar-refractivity contribution in [2.24, 2.45) is 0 Å². The number of nitrogens with one attached hydrogen (secondary N) is 1. The van der Waals surface area contributed by atoms with E-state index in [1.807, 2.05) is 12.1 Å². The van der Waals surface area contributed by atoms with Crippen molar-refractivity contribution >= 4 is 17.6 Å². The summed E-state index contributed by atoms with van der Waals surface area (Å²) in [5, 5.41) is 2.61. The van der Waals surface area contributed by atoms with Crippen LogP contribution in [0.3, 0.4) is 0 Å². The minimum atomic E-state index is -0.136. The molecule has 0 fully saturated rings. The lowest BCUT2D eigenvalue weighted by Crippen LogP contribution is -2.36. The molecule has 2 rings (SSSR count). The van der Waals surface area contributed by atoms with Crippen LogP contribution in [-0.2, 0) is 6.42 Å². The minimum Gasteiger partial charge on any atom is -0.345 e. The van der Waals surface area contributed by atoms with Crippen LogP contribution in [-0.4, -0.2) is 44.5 Å². The molecular weight excluding hydrogens is 230 g/mol. The van der Waals surface area contributed by atoms with Crippen LogP contribution >= 0.6 is 0 Å². The second-order valence-electron chi connectivity index (χ2n) is 4.50. The standard InChI is InChI=1S/C13H17N3O2/c1-14-13(18)16-7-6-9-4-5-10(8-11(9)16)12(17)15(2)3/h4-5,8H,6-7H2,1-3H3,(H,14,18). The van der Waals surface area contributed by atoms with Crippen LogP contribution in [0.25, 0.3) is 0 Å². The molecule has 3 amide bonds. The summed E-state index contributed by atoms with van der Waals surface area (Å²) in [4.78, 5) is 26.8. The molecule has 1 N–H and O–H groups in total. The Morgan fingerprint density at radius 1 is 1.33 bits per heavy atom. The first kappa shape index (κ1) is 12.4. The van der Waals surface area contributed by atoms with Crippen molar-refractivity contribution in [2.45, 2.75) is 6.42 Å². The van der Waals surface area contributed by atoms with Crippen LogP contribution < -0.4 is 10.2 Å². The molecule has 0 aromatic heterocycles. The number of amides is 3. The molecule has 0 saturated heterocycles. The maximum atomic E-state index is 11.9. The zero-order valence-corrected chi connectivity index (χ0v) is 10.9. The Morgan fingerprint density at radius 3 is 2.67 bits per heavy atom. The van der Waals surface area contributed by atoms with Crippen LogP contribution in [0.4, 0.5) is 10.5 Å². The van der Waals surface area contributed by atoms with Gasteiger partial charge in [-0.05, 0) is 24.1 Å². The van der Waals surface area contributed by atoms with Gasteiger partial charge < -0.3 is 10.2 Å². The summed E-state index contributed by atoms with van der Waals surface area (Å²) < 4.78 is 0. The average molecular weight is 247 g/mol. The summed E-state index contributed by atoms with van der Waals surface area (Å²) in [7, 11) is 5.04. The maximum Gasteiger partial charge on any atom is 0.321 e. The number of carbonyl (C=O) groups is 2. The van der Waals surface area contributed by atoms with Gasteiger partial charge in [-0.3, -0.25) is 9.69 Å². The van der Waals surface area contributed by atoms with Gasteiger partial charge in [0.2, 0.25) is 0 Å². The summed E-state index contributed by atoms with van der Waals surface area (Å²) in [6.45, 7) is 0.661. The number of hydrogen-bond donors (Lipinski definition) is 1. The number of urea groups is 1. The number of rotatable bonds is 1. The van der Waals surface area contributed by atoms with Crippen LogP contribution in [0.2, 0.25) is 0 Å². The van der Waals surface area contributed by atoms with Gasteiger partial charge in [0, 0.05) is 38.9 Å². The number of carbonyl (C=O) groups excluding carboxylic acids is 2. The Morgan fingerprint density at radius 2 is 2.06 bits per heavy atom. The summed E-state index contributed by atoms with van der Waals surface area (Å²) in [6.07, 6.45) is 0.833. The van der Waals surface area contributed by atoms with Crippen molar-refractivity contribution in [1.82, 2.24) is 10.2 Å². The molecule has 18 heavy (non-hydrogen) atoms. The zero-order chi connectivity index (χ0) is 13.3. The van der Waals surface area contributed by atoms with Crippen LogP contribution in [0, 0.1) is 0 Å². The molecule has 0 unspecified atom stereocenters. The number of anilines is 1. The third kappa shape index (κ3) is 2.03. The molecule has 0 bridgehead atoms.